The van der Waals surface area contributed by atoms with Crippen molar-refractivity contribution in [2.24, 2.45) is 5.73 Å². The van der Waals surface area contributed by atoms with Crippen LogP contribution in [0.2, 0.25) is 0 Å². The first-order valence-corrected chi connectivity index (χ1v) is 15.2. The summed E-state index contributed by atoms with van der Waals surface area (Å²) in [4.78, 5) is 34.3. The Bertz CT molecular complexity index is 1710. The predicted octanol–water partition coefficient (Wildman–Crippen LogP) is 4.69. The van der Waals surface area contributed by atoms with Crippen LogP contribution in [0.5, 0.6) is 5.75 Å². The molecule has 3 aromatic rings. The third kappa shape index (κ3) is 7.64. The summed E-state index contributed by atoms with van der Waals surface area (Å²) in [6.45, 7) is 3.25. The van der Waals surface area contributed by atoms with Crippen LogP contribution < -0.4 is 20.5 Å². The average molecular weight is 681 g/mol. The first kappa shape index (κ1) is 33.9. The molecule has 2 aromatic heterocycles. The van der Waals surface area contributed by atoms with Gasteiger partial charge in [0.1, 0.15) is 17.2 Å². The number of urea groups is 1. The topological polar surface area (TPSA) is 157 Å². The Kier molecular flexibility index (Phi) is 9.11. The molecule has 4 N–H and O–H groups in total. The van der Waals surface area contributed by atoms with E-state index in [0.29, 0.717) is 22.2 Å². The minimum atomic E-state index is -5.05. The van der Waals surface area contributed by atoms with Gasteiger partial charge in [-0.05, 0) is 57.0 Å². The van der Waals surface area contributed by atoms with Crippen molar-refractivity contribution in [2.45, 2.75) is 62.1 Å². The molecule has 2 atom stereocenters. The van der Waals surface area contributed by atoms with Gasteiger partial charge in [0.15, 0.2) is 5.13 Å². The largest absolute Gasteiger partial charge is 0.573 e. The van der Waals surface area contributed by atoms with Gasteiger partial charge in [-0.3, -0.25) is 15.1 Å². The molecule has 3 amide bonds. The molecule has 0 radical (unpaired) electrons. The number of nitrogens with zero attached hydrogens (tertiary/aromatic N) is 3. The van der Waals surface area contributed by atoms with Gasteiger partial charge in [0.05, 0.1) is 21.2 Å². The number of likely N-dealkylation sites (tertiary alicyclic amines) is 1. The number of benzene rings is 1. The van der Waals surface area contributed by atoms with Gasteiger partial charge in [-0.15, -0.1) is 13.2 Å². The van der Waals surface area contributed by atoms with Gasteiger partial charge < -0.3 is 15.4 Å². The Morgan fingerprint density at radius 1 is 1.11 bits per heavy atom. The summed E-state index contributed by atoms with van der Waals surface area (Å²) in [6.07, 6.45) is -8.62. The monoisotopic (exact) mass is 680 g/mol. The molecule has 0 saturated carbocycles. The number of carbonyl (C=O) groups excluding carboxylic acids is 2. The number of sulfonamides is 1. The maximum atomic E-state index is 13.6. The van der Waals surface area contributed by atoms with Crippen LogP contribution in [0.4, 0.5) is 36.3 Å². The fourth-order valence-electron chi connectivity index (χ4n) is 4.48. The van der Waals surface area contributed by atoms with E-state index in [4.69, 9.17) is 5.73 Å². The van der Waals surface area contributed by atoms with Crippen LogP contribution in [0, 0.1) is 6.92 Å². The molecule has 1 aromatic carbocycles. The second-order valence-electron chi connectivity index (χ2n) is 10.6. The Hall–Kier alpha value is -3.97. The van der Waals surface area contributed by atoms with E-state index in [-0.39, 0.29) is 23.8 Å². The number of alkyl halides is 6. The zero-order valence-corrected chi connectivity index (χ0v) is 25.3. The highest BCUT2D eigenvalue weighted by molar-refractivity contribution is 7.89. The summed E-state index contributed by atoms with van der Waals surface area (Å²) in [7, 11) is -4.43. The molecule has 0 unspecified atom stereocenters. The number of aryl methyl sites for hydroxylation is 1. The highest BCUT2D eigenvalue weighted by Crippen LogP contribution is 2.41. The Labute approximate surface area is 256 Å². The van der Waals surface area contributed by atoms with Crippen molar-refractivity contribution in [3.63, 3.8) is 0 Å². The zero-order valence-electron chi connectivity index (χ0n) is 23.7. The quantitative estimate of drug-likeness (QED) is 0.292. The number of amides is 3. The van der Waals surface area contributed by atoms with Crippen LogP contribution in [0.15, 0.2) is 47.5 Å². The van der Waals surface area contributed by atoms with Gasteiger partial charge in [0, 0.05) is 24.8 Å². The lowest BCUT2D eigenvalue weighted by atomic mass is 9.87. The highest BCUT2D eigenvalue weighted by atomic mass is 32.2. The predicted molar refractivity (Wildman–Crippen MR) is 150 cm³/mol. The summed E-state index contributed by atoms with van der Waals surface area (Å²) in [5.41, 5.74) is 3.76. The number of rotatable bonds is 8. The molecule has 1 aliphatic heterocycles. The van der Waals surface area contributed by atoms with Gasteiger partial charge in [0.25, 0.3) is 0 Å². The minimum absolute atomic E-state index is 0.0367. The highest BCUT2D eigenvalue weighted by Gasteiger charge is 2.49. The normalized spacial score (nSPS) is 17.8. The van der Waals surface area contributed by atoms with Gasteiger partial charge in [0.2, 0.25) is 15.9 Å². The van der Waals surface area contributed by atoms with E-state index in [9.17, 15) is 44.3 Å². The second kappa shape index (κ2) is 12.1. The number of thiazole rings is 1. The Morgan fingerprint density at radius 2 is 1.80 bits per heavy atom. The molecule has 1 saturated heterocycles. The molecule has 0 aliphatic carbocycles. The van der Waals surface area contributed by atoms with E-state index in [1.165, 1.54) is 18.3 Å². The number of hydrogen-bond donors (Lipinski definition) is 3. The third-order valence-corrected chi connectivity index (χ3v) is 9.58. The Morgan fingerprint density at radius 3 is 2.42 bits per heavy atom. The van der Waals surface area contributed by atoms with Crippen molar-refractivity contribution < 1.29 is 49.1 Å². The molecule has 244 valence electrons. The lowest BCUT2D eigenvalue weighted by molar-refractivity contribution is -0.274. The number of carbonyl (C=O) groups is 2. The molecule has 3 heterocycles. The maximum absolute atomic E-state index is 13.6. The van der Waals surface area contributed by atoms with Crippen LogP contribution in [0.1, 0.15) is 31.7 Å². The van der Waals surface area contributed by atoms with E-state index < -0.39 is 62.6 Å². The van der Waals surface area contributed by atoms with Crippen LogP contribution in [-0.2, 0) is 20.2 Å². The molecular weight excluding hydrogens is 654 g/mol. The van der Waals surface area contributed by atoms with E-state index >= 15 is 0 Å². The first-order chi connectivity index (χ1) is 20.7. The number of primary amides is 1. The average Bonchev–Trinajstić information content (AvgIpc) is 3.50. The fraction of sp³-hybridized carbons (Fsp3) is 0.385. The summed E-state index contributed by atoms with van der Waals surface area (Å²) < 4.78 is 110. The molecule has 19 heteroatoms. The van der Waals surface area contributed by atoms with Crippen molar-refractivity contribution in [1.82, 2.24) is 19.6 Å². The Balaban J connectivity index is 1.50. The van der Waals surface area contributed by atoms with Crippen molar-refractivity contribution in [1.29, 1.82) is 0 Å². The number of anilines is 1. The summed E-state index contributed by atoms with van der Waals surface area (Å²) in [5, 5.41) is 2.54. The number of aromatic nitrogens is 2. The number of pyridine rings is 1. The van der Waals surface area contributed by atoms with Crippen molar-refractivity contribution in [3.8, 4) is 16.2 Å². The number of halogens is 6. The van der Waals surface area contributed by atoms with Crippen molar-refractivity contribution in [2.75, 3.05) is 11.9 Å². The molecule has 45 heavy (non-hydrogen) atoms. The van der Waals surface area contributed by atoms with Crippen molar-refractivity contribution in [3.05, 3.63) is 54.0 Å². The number of hydrogen-bond acceptors (Lipinski definition) is 8. The van der Waals surface area contributed by atoms with E-state index in [2.05, 4.69) is 24.7 Å². The summed E-state index contributed by atoms with van der Waals surface area (Å²) >= 11 is 0.951. The fourth-order valence-corrected chi connectivity index (χ4v) is 6.71. The molecular formula is C26H26F6N6O5S2. The SMILES string of the molecule is Cc1nc(NC(=O)N2C[C@H](NS(=O)(=O)c3cccc(OC(F)(F)F)c3)C[C@H]2C(N)=O)sc1-c1ccnc(C(C)(C)C(F)(F)F)c1. The molecule has 1 aliphatic rings. The zero-order chi connectivity index (χ0) is 33.5. The maximum Gasteiger partial charge on any atom is 0.573 e. The molecule has 11 nitrogen and oxygen atoms in total. The van der Waals surface area contributed by atoms with Crippen molar-refractivity contribution >= 4 is 38.4 Å². The van der Waals surface area contributed by atoms with E-state index in [1.807, 2.05) is 0 Å². The number of nitrogens with two attached hydrogens (primary N) is 1. The third-order valence-electron chi connectivity index (χ3n) is 6.94. The van der Waals surface area contributed by atoms with Gasteiger partial charge >= 0.3 is 18.6 Å². The lowest BCUT2D eigenvalue weighted by Crippen LogP contribution is -2.46. The van der Waals surface area contributed by atoms with Gasteiger partial charge in [-0.25, -0.2) is 22.9 Å². The van der Waals surface area contributed by atoms with Crippen LogP contribution >= 0.6 is 11.3 Å². The number of ether oxygens (including phenoxy) is 1. The number of nitrogens with one attached hydrogen (secondary N) is 2. The first-order valence-electron chi connectivity index (χ1n) is 12.9. The molecule has 4 rings (SSSR count). The van der Waals surface area contributed by atoms with E-state index in [1.54, 1.807) is 6.92 Å². The van der Waals surface area contributed by atoms with Gasteiger partial charge in [-0.1, -0.05) is 17.4 Å². The van der Waals surface area contributed by atoms with Crippen LogP contribution in [-0.4, -0.2) is 66.4 Å². The lowest BCUT2D eigenvalue weighted by Gasteiger charge is -2.27. The smallest absolute Gasteiger partial charge is 0.406 e. The molecule has 0 bridgehead atoms. The summed E-state index contributed by atoms with van der Waals surface area (Å²) in [5.74, 6) is -1.71. The minimum Gasteiger partial charge on any atom is -0.406 e. The standard InChI is InChI=1S/C26H26F6N6O5S2/c1-13-20(14-7-8-34-19(9-14)24(2,3)25(27,28)29)44-22(35-13)36-23(40)38-12-15(10-18(38)21(33)39)37-45(41,42)17-6-4-5-16(11-17)43-26(30,31)32/h4-9,11,15,18,37H,10,12H2,1-3H3,(H2,33,39)(H,35,36,40)/t15-,18+/m1/s1. The molecule has 1 fully saturated rings. The summed E-state index contributed by atoms with van der Waals surface area (Å²) in [6, 6.07) is 3.27. The van der Waals surface area contributed by atoms with Gasteiger partial charge in [-0.2, -0.15) is 13.2 Å². The van der Waals surface area contributed by atoms with E-state index in [0.717, 1.165) is 48.3 Å². The molecule has 0 spiro atoms. The van der Waals surface area contributed by atoms with Crippen LogP contribution in [0.3, 0.4) is 0 Å². The van der Waals surface area contributed by atoms with Crippen LogP contribution in [0.25, 0.3) is 10.4 Å². The second-order valence-corrected chi connectivity index (χ2v) is 13.3.